The molecule has 1 aliphatic carbocycles. The van der Waals surface area contributed by atoms with Gasteiger partial charge in [-0.25, -0.2) is 0 Å². The number of halogens is 1. The molecule has 1 atom stereocenters. The molecule has 0 fully saturated rings. The van der Waals surface area contributed by atoms with Gasteiger partial charge in [-0.15, -0.1) is 0 Å². The van der Waals surface area contributed by atoms with Crippen LogP contribution in [0, 0.1) is 0 Å². The number of rotatable bonds is 5. The molecule has 80 valence electrons. The number of hydrogen-bond donors (Lipinski definition) is 1. The second kappa shape index (κ2) is 6.23. The SMILES string of the molecule is CCCC(Br)CNC1=CC(=O)CCC1. The maximum atomic E-state index is 11.1. The number of alkyl halides is 1. The van der Waals surface area contributed by atoms with Gasteiger partial charge in [0.2, 0.25) is 0 Å². The first kappa shape index (κ1) is 11.8. The van der Waals surface area contributed by atoms with E-state index >= 15 is 0 Å². The van der Waals surface area contributed by atoms with E-state index in [4.69, 9.17) is 0 Å². The average molecular weight is 260 g/mol. The Morgan fingerprint density at radius 3 is 3.00 bits per heavy atom. The van der Waals surface area contributed by atoms with Gasteiger partial charge in [0.15, 0.2) is 5.78 Å². The lowest BCUT2D eigenvalue weighted by Crippen LogP contribution is -2.24. The summed E-state index contributed by atoms with van der Waals surface area (Å²) in [6, 6.07) is 0. The summed E-state index contributed by atoms with van der Waals surface area (Å²) < 4.78 is 0. The zero-order chi connectivity index (χ0) is 10.4. The van der Waals surface area contributed by atoms with Gasteiger partial charge in [0.1, 0.15) is 0 Å². The van der Waals surface area contributed by atoms with Crippen LogP contribution in [0.2, 0.25) is 0 Å². The molecule has 0 saturated carbocycles. The molecule has 2 nitrogen and oxygen atoms in total. The normalized spacial score (nSPS) is 19.0. The van der Waals surface area contributed by atoms with Gasteiger partial charge in [-0.3, -0.25) is 4.79 Å². The number of ketones is 1. The van der Waals surface area contributed by atoms with Gasteiger partial charge in [0.25, 0.3) is 0 Å². The molecule has 0 spiro atoms. The Bertz CT molecular complexity index is 225. The molecule has 0 aromatic carbocycles. The summed E-state index contributed by atoms with van der Waals surface area (Å²) in [6.45, 7) is 3.10. The van der Waals surface area contributed by atoms with Crippen LogP contribution < -0.4 is 5.32 Å². The summed E-state index contributed by atoms with van der Waals surface area (Å²) in [5.74, 6) is 0.264. The molecule has 1 unspecified atom stereocenters. The van der Waals surface area contributed by atoms with Gasteiger partial charge in [-0.1, -0.05) is 29.3 Å². The van der Waals surface area contributed by atoms with Crippen LogP contribution in [0.3, 0.4) is 0 Å². The molecule has 0 aliphatic heterocycles. The van der Waals surface area contributed by atoms with E-state index in [2.05, 4.69) is 28.2 Å². The Morgan fingerprint density at radius 2 is 2.36 bits per heavy atom. The highest BCUT2D eigenvalue weighted by Gasteiger charge is 2.10. The highest BCUT2D eigenvalue weighted by Crippen LogP contribution is 2.14. The van der Waals surface area contributed by atoms with Gasteiger partial charge in [-0.2, -0.15) is 0 Å². The van der Waals surface area contributed by atoms with Crippen molar-refractivity contribution in [1.82, 2.24) is 5.32 Å². The molecular weight excluding hydrogens is 242 g/mol. The van der Waals surface area contributed by atoms with Crippen molar-refractivity contribution >= 4 is 21.7 Å². The molecule has 0 heterocycles. The highest BCUT2D eigenvalue weighted by molar-refractivity contribution is 9.09. The summed E-state index contributed by atoms with van der Waals surface area (Å²) in [7, 11) is 0. The van der Waals surface area contributed by atoms with Crippen molar-refractivity contribution in [2.75, 3.05) is 6.54 Å². The Labute approximate surface area is 94.3 Å². The van der Waals surface area contributed by atoms with E-state index in [-0.39, 0.29) is 5.78 Å². The predicted molar refractivity (Wildman–Crippen MR) is 62.6 cm³/mol. The van der Waals surface area contributed by atoms with E-state index in [9.17, 15) is 4.79 Å². The van der Waals surface area contributed by atoms with Crippen LogP contribution in [0.5, 0.6) is 0 Å². The van der Waals surface area contributed by atoms with E-state index in [0.717, 1.165) is 31.5 Å². The minimum absolute atomic E-state index is 0.264. The van der Waals surface area contributed by atoms with E-state index < -0.39 is 0 Å². The second-order valence-electron chi connectivity index (χ2n) is 3.76. The van der Waals surface area contributed by atoms with Crippen LogP contribution in [-0.2, 0) is 4.79 Å². The smallest absolute Gasteiger partial charge is 0.157 e. The average Bonchev–Trinajstić information content (AvgIpc) is 2.15. The lowest BCUT2D eigenvalue weighted by molar-refractivity contribution is -0.115. The first-order valence-corrected chi connectivity index (χ1v) is 6.25. The molecular formula is C11H18BrNO. The number of hydrogen-bond acceptors (Lipinski definition) is 2. The standard InChI is InChI=1S/C11H18BrNO/c1-2-4-9(12)8-13-10-5-3-6-11(14)7-10/h7,9,13H,2-6,8H2,1H3. The monoisotopic (exact) mass is 259 g/mol. The summed E-state index contributed by atoms with van der Waals surface area (Å²) in [5, 5.41) is 3.33. The molecule has 0 radical (unpaired) electrons. The lowest BCUT2D eigenvalue weighted by atomic mass is 10.0. The molecule has 0 amide bonds. The number of carbonyl (C=O) groups excluding carboxylic acids is 1. The summed E-state index contributed by atoms with van der Waals surface area (Å²) in [5.41, 5.74) is 1.11. The third kappa shape index (κ3) is 4.27. The molecule has 0 aromatic heterocycles. The van der Waals surface area contributed by atoms with Crippen molar-refractivity contribution in [3.8, 4) is 0 Å². The maximum Gasteiger partial charge on any atom is 0.157 e. The van der Waals surface area contributed by atoms with Crippen molar-refractivity contribution in [3.05, 3.63) is 11.8 Å². The summed E-state index contributed by atoms with van der Waals surface area (Å²) in [6.07, 6.45) is 6.87. The zero-order valence-electron chi connectivity index (χ0n) is 8.68. The molecule has 1 rings (SSSR count). The fourth-order valence-electron chi connectivity index (χ4n) is 1.59. The quantitative estimate of drug-likeness (QED) is 0.770. The number of carbonyl (C=O) groups is 1. The highest BCUT2D eigenvalue weighted by atomic mass is 79.9. The second-order valence-corrected chi connectivity index (χ2v) is 5.05. The first-order chi connectivity index (χ1) is 6.72. The third-order valence-corrected chi connectivity index (χ3v) is 3.14. The minimum atomic E-state index is 0.264. The number of nitrogens with one attached hydrogen (secondary N) is 1. The van der Waals surface area contributed by atoms with Crippen LogP contribution in [0.25, 0.3) is 0 Å². The van der Waals surface area contributed by atoms with Crippen molar-refractivity contribution in [2.45, 2.75) is 43.9 Å². The van der Waals surface area contributed by atoms with Crippen LogP contribution in [0.4, 0.5) is 0 Å². The molecule has 1 aliphatic rings. The van der Waals surface area contributed by atoms with Gasteiger partial charge in [0.05, 0.1) is 0 Å². The van der Waals surface area contributed by atoms with Crippen molar-refractivity contribution in [3.63, 3.8) is 0 Å². The maximum absolute atomic E-state index is 11.1. The van der Waals surface area contributed by atoms with E-state index in [1.54, 1.807) is 6.08 Å². The molecule has 3 heteroatoms. The number of allylic oxidation sites excluding steroid dienone is 2. The fraction of sp³-hybridized carbons (Fsp3) is 0.727. The van der Waals surface area contributed by atoms with E-state index in [0.29, 0.717) is 4.83 Å². The van der Waals surface area contributed by atoms with Crippen molar-refractivity contribution < 1.29 is 4.79 Å². The van der Waals surface area contributed by atoms with Gasteiger partial charge >= 0.3 is 0 Å². The van der Waals surface area contributed by atoms with Crippen LogP contribution >= 0.6 is 15.9 Å². The van der Waals surface area contributed by atoms with Gasteiger partial charge in [0, 0.05) is 29.6 Å². The van der Waals surface area contributed by atoms with Gasteiger partial charge in [-0.05, 0) is 19.3 Å². The molecule has 0 aromatic rings. The largest absolute Gasteiger partial charge is 0.387 e. The summed E-state index contributed by atoms with van der Waals surface area (Å²) >= 11 is 3.61. The topological polar surface area (TPSA) is 29.1 Å². The third-order valence-electron chi connectivity index (χ3n) is 2.36. The minimum Gasteiger partial charge on any atom is -0.387 e. The molecule has 1 N–H and O–H groups in total. The Morgan fingerprint density at radius 1 is 1.57 bits per heavy atom. The van der Waals surface area contributed by atoms with Crippen LogP contribution in [-0.4, -0.2) is 17.2 Å². The molecule has 0 saturated heterocycles. The van der Waals surface area contributed by atoms with Crippen molar-refractivity contribution in [2.24, 2.45) is 0 Å². The van der Waals surface area contributed by atoms with Crippen LogP contribution in [0.15, 0.2) is 11.8 Å². The lowest BCUT2D eigenvalue weighted by Gasteiger charge is -2.16. The van der Waals surface area contributed by atoms with Crippen LogP contribution in [0.1, 0.15) is 39.0 Å². The van der Waals surface area contributed by atoms with E-state index in [1.165, 1.54) is 12.8 Å². The summed E-state index contributed by atoms with van der Waals surface area (Å²) in [4.78, 5) is 11.6. The predicted octanol–water partition coefficient (Wildman–Crippen LogP) is 2.78. The molecule has 14 heavy (non-hydrogen) atoms. The zero-order valence-corrected chi connectivity index (χ0v) is 10.3. The van der Waals surface area contributed by atoms with E-state index in [1.807, 2.05) is 0 Å². The van der Waals surface area contributed by atoms with Gasteiger partial charge < -0.3 is 5.32 Å². The Kier molecular flexibility index (Phi) is 5.23. The Balaban J connectivity index is 2.26. The Hall–Kier alpha value is -0.310. The van der Waals surface area contributed by atoms with Crippen molar-refractivity contribution in [1.29, 1.82) is 0 Å². The first-order valence-electron chi connectivity index (χ1n) is 5.33. The fourth-order valence-corrected chi connectivity index (χ4v) is 2.21. The molecule has 0 bridgehead atoms.